The molecule has 1 aliphatic heterocycles. The van der Waals surface area contributed by atoms with Crippen molar-refractivity contribution >= 4 is 11.8 Å². The number of nitrogens with one attached hydrogen (secondary N) is 1. The predicted molar refractivity (Wildman–Crippen MR) is 84.9 cm³/mol. The van der Waals surface area contributed by atoms with Crippen LogP contribution in [-0.2, 0) is 0 Å². The average molecular weight is 310 g/mol. The smallest absolute Gasteiger partial charge is 0.253 e. The molecule has 3 heterocycles. The maximum absolute atomic E-state index is 12.4. The molecule has 1 N–H and O–H groups in total. The van der Waals surface area contributed by atoms with Gasteiger partial charge in [0.1, 0.15) is 0 Å². The van der Waals surface area contributed by atoms with Crippen LogP contribution < -0.4 is 5.32 Å². The highest BCUT2D eigenvalue weighted by molar-refractivity contribution is 5.95. The van der Waals surface area contributed by atoms with Gasteiger partial charge < -0.3 is 10.2 Å². The second-order valence-corrected chi connectivity index (χ2v) is 5.51. The molecular weight excluding hydrogens is 292 g/mol. The van der Waals surface area contributed by atoms with E-state index in [2.05, 4.69) is 15.3 Å². The third-order valence-electron chi connectivity index (χ3n) is 3.99. The fourth-order valence-corrected chi connectivity index (χ4v) is 2.68. The van der Waals surface area contributed by atoms with Crippen LogP contribution in [0.5, 0.6) is 0 Å². The Morgan fingerprint density at radius 1 is 0.913 bits per heavy atom. The van der Waals surface area contributed by atoms with Crippen LogP contribution in [0, 0.1) is 0 Å². The number of hydrogen-bond donors (Lipinski definition) is 1. The maximum atomic E-state index is 12.4. The van der Waals surface area contributed by atoms with Gasteiger partial charge >= 0.3 is 0 Å². The Balaban J connectivity index is 1.53. The first-order valence-corrected chi connectivity index (χ1v) is 7.64. The standard InChI is InChI=1S/C17H18N4O2/c22-16(13-1-7-18-8-2-13)20-15-5-11-21(12-6-15)17(23)14-3-9-19-10-4-14/h1-4,7-10,15H,5-6,11-12H2,(H,20,22). The number of aromatic nitrogens is 2. The van der Waals surface area contributed by atoms with E-state index in [1.54, 1.807) is 49.1 Å². The van der Waals surface area contributed by atoms with Gasteiger partial charge in [-0.2, -0.15) is 0 Å². The molecule has 118 valence electrons. The summed E-state index contributed by atoms with van der Waals surface area (Å²) in [6, 6.07) is 6.92. The van der Waals surface area contributed by atoms with Crippen LogP contribution in [0.4, 0.5) is 0 Å². The van der Waals surface area contributed by atoms with E-state index in [0.717, 1.165) is 12.8 Å². The summed E-state index contributed by atoms with van der Waals surface area (Å²) in [6.07, 6.45) is 7.96. The lowest BCUT2D eigenvalue weighted by Gasteiger charge is -2.32. The van der Waals surface area contributed by atoms with Gasteiger partial charge in [-0.25, -0.2) is 0 Å². The summed E-state index contributed by atoms with van der Waals surface area (Å²) >= 11 is 0. The molecule has 1 saturated heterocycles. The van der Waals surface area contributed by atoms with Gasteiger partial charge in [0.15, 0.2) is 0 Å². The van der Waals surface area contributed by atoms with Gasteiger partial charge in [-0.15, -0.1) is 0 Å². The molecule has 0 atom stereocenters. The van der Waals surface area contributed by atoms with Gasteiger partial charge in [0.2, 0.25) is 0 Å². The zero-order chi connectivity index (χ0) is 16.1. The number of pyridine rings is 2. The Morgan fingerprint density at radius 2 is 1.43 bits per heavy atom. The van der Waals surface area contributed by atoms with Crippen molar-refractivity contribution in [2.75, 3.05) is 13.1 Å². The molecule has 1 aliphatic rings. The fraction of sp³-hybridized carbons (Fsp3) is 0.294. The zero-order valence-electron chi connectivity index (χ0n) is 12.7. The van der Waals surface area contributed by atoms with E-state index in [9.17, 15) is 9.59 Å². The highest BCUT2D eigenvalue weighted by Gasteiger charge is 2.24. The summed E-state index contributed by atoms with van der Waals surface area (Å²) in [6.45, 7) is 1.28. The topological polar surface area (TPSA) is 75.2 Å². The summed E-state index contributed by atoms with van der Waals surface area (Å²) < 4.78 is 0. The first-order valence-electron chi connectivity index (χ1n) is 7.64. The summed E-state index contributed by atoms with van der Waals surface area (Å²) in [4.78, 5) is 34.1. The second kappa shape index (κ2) is 7.00. The van der Waals surface area contributed by atoms with E-state index in [-0.39, 0.29) is 17.9 Å². The van der Waals surface area contributed by atoms with Gasteiger partial charge in [0, 0.05) is 55.0 Å². The van der Waals surface area contributed by atoms with Crippen LogP contribution >= 0.6 is 0 Å². The van der Waals surface area contributed by atoms with Crippen molar-refractivity contribution in [2.45, 2.75) is 18.9 Å². The predicted octanol–water partition coefficient (Wildman–Crippen LogP) is 1.51. The molecule has 6 heteroatoms. The average Bonchev–Trinajstić information content (AvgIpc) is 2.63. The molecule has 0 radical (unpaired) electrons. The number of carbonyl (C=O) groups excluding carboxylic acids is 2. The van der Waals surface area contributed by atoms with Crippen molar-refractivity contribution in [1.29, 1.82) is 0 Å². The van der Waals surface area contributed by atoms with Crippen molar-refractivity contribution in [3.8, 4) is 0 Å². The Morgan fingerprint density at radius 3 is 2.00 bits per heavy atom. The third kappa shape index (κ3) is 3.71. The van der Waals surface area contributed by atoms with E-state index < -0.39 is 0 Å². The largest absolute Gasteiger partial charge is 0.349 e. The molecule has 6 nitrogen and oxygen atoms in total. The van der Waals surface area contributed by atoms with Crippen molar-refractivity contribution in [3.63, 3.8) is 0 Å². The van der Waals surface area contributed by atoms with E-state index in [4.69, 9.17) is 0 Å². The van der Waals surface area contributed by atoms with E-state index in [1.807, 2.05) is 4.90 Å². The summed E-state index contributed by atoms with van der Waals surface area (Å²) in [5.74, 6) is -0.0716. The highest BCUT2D eigenvalue weighted by Crippen LogP contribution is 2.14. The lowest BCUT2D eigenvalue weighted by molar-refractivity contribution is 0.0698. The molecule has 2 aromatic heterocycles. The molecule has 1 fully saturated rings. The first kappa shape index (κ1) is 15.1. The zero-order valence-corrected chi connectivity index (χ0v) is 12.7. The second-order valence-electron chi connectivity index (χ2n) is 5.51. The van der Waals surface area contributed by atoms with E-state index in [1.165, 1.54) is 0 Å². The lowest BCUT2D eigenvalue weighted by atomic mass is 10.0. The van der Waals surface area contributed by atoms with Crippen molar-refractivity contribution < 1.29 is 9.59 Å². The number of nitrogens with zero attached hydrogens (tertiary/aromatic N) is 3. The Hall–Kier alpha value is -2.76. The molecule has 0 spiro atoms. The van der Waals surface area contributed by atoms with Crippen LogP contribution in [0.2, 0.25) is 0 Å². The first-order chi connectivity index (χ1) is 11.2. The van der Waals surface area contributed by atoms with Crippen LogP contribution in [0.3, 0.4) is 0 Å². The monoisotopic (exact) mass is 310 g/mol. The van der Waals surface area contributed by atoms with Gasteiger partial charge in [0.25, 0.3) is 11.8 Å². The molecule has 3 rings (SSSR count). The van der Waals surface area contributed by atoms with Gasteiger partial charge in [-0.05, 0) is 37.1 Å². The minimum absolute atomic E-state index is 0.0197. The molecule has 0 aromatic carbocycles. The summed E-state index contributed by atoms with van der Waals surface area (Å²) in [7, 11) is 0. The number of carbonyl (C=O) groups is 2. The highest BCUT2D eigenvalue weighted by atomic mass is 16.2. The fourth-order valence-electron chi connectivity index (χ4n) is 2.68. The third-order valence-corrected chi connectivity index (χ3v) is 3.99. The number of piperidine rings is 1. The minimum Gasteiger partial charge on any atom is -0.349 e. The van der Waals surface area contributed by atoms with Crippen molar-refractivity contribution in [2.24, 2.45) is 0 Å². The summed E-state index contributed by atoms with van der Waals surface area (Å²) in [5, 5.41) is 3.02. The van der Waals surface area contributed by atoms with Crippen molar-refractivity contribution in [3.05, 3.63) is 60.2 Å². The van der Waals surface area contributed by atoms with E-state index >= 15 is 0 Å². The molecule has 23 heavy (non-hydrogen) atoms. The number of hydrogen-bond acceptors (Lipinski definition) is 4. The quantitative estimate of drug-likeness (QED) is 0.932. The Bertz CT molecular complexity index is 668. The number of likely N-dealkylation sites (tertiary alicyclic amines) is 1. The van der Waals surface area contributed by atoms with Crippen LogP contribution in [-0.4, -0.2) is 45.8 Å². The normalized spacial score (nSPS) is 15.2. The maximum Gasteiger partial charge on any atom is 0.253 e. The molecule has 0 aliphatic carbocycles. The molecule has 2 amide bonds. The SMILES string of the molecule is O=C(NC1CCN(C(=O)c2ccncc2)CC1)c1ccncc1. The van der Waals surface area contributed by atoms with Gasteiger partial charge in [-0.3, -0.25) is 19.6 Å². The molecule has 2 aromatic rings. The van der Waals surface area contributed by atoms with Crippen molar-refractivity contribution in [1.82, 2.24) is 20.2 Å². The van der Waals surface area contributed by atoms with Crippen LogP contribution in [0.15, 0.2) is 49.1 Å². The molecule has 0 saturated carbocycles. The lowest BCUT2D eigenvalue weighted by Crippen LogP contribution is -2.46. The van der Waals surface area contributed by atoms with Crippen LogP contribution in [0.25, 0.3) is 0 Å². The minimum atomic E-state index is -0.0914. The van der Waals surface area contributed by atoms with Crippen LogP contribution in [0.1, 0.15) is 33.6 Å². The molecular formula is C17H18N4O2. The molecule has 0 unspecified atom stereocenters. The number of amides is 2. The summed E-state index contributed by atoms with van der Waals surface area (Å²) in [5.41, 5.74) is 1.26. The van der Waals surface area contributed by atoms with Gasteiger partial charge in [0.05, 0.1) is 0 Å². The number of rotatable bonds is 3. The Labute approximate surface area is 134 Å². The van der Waals surface area contributed by atoms with Gasteiger partial charge in [-0.1, -0.05) is 0 Å². The Kier molecular flexibility index (Phi) is 4.61. The van der Waals surface area contributed by atoms with E-state index in [0.29, 0.717) is 24.2 Å². The molecule has 0 bridgehead atoms.